The highest BCUT2D eigenvalue weighted by atomic mass is 16.6. The second-order valence-electron chi connectivity index (χ2n) is 8.06. The third kappa shape index (κ3) is 4.59. The molecule has 1 aliphatic heterocycles. The number of ether oxygens (including phenoxy) is 2. The Labute approximate surface area is 160 Å². The van der Waals surface area contributed by atoms with Crippen molar-refractivity contribution in [3.8, 4) is 5.75 Å². The van der Waals surface area contributed by atoms with E-state index in [4.69, 9.17) is 9.47 Å². The van der Waals surface area contributed by atoms with Crippen LogP contribution in [0.15, 0.2) is 36.4 Å². The lowest BCUT2D eigenvalue weighted by Crippen LogP contribution is -2.44. The van der Waals surface area contributed by atoms with Crippen LogP contribution in [-0.2, 0) is 4.74 Å². The molecule has 0 saturated carbocycles. The lowest BCUT2D eigenvalue weighted by Gasteiger charge is -2.33. The number of likely N-dealkylation sites (tertiary alicyclic amines) is 1. The number of rotatable bonds is 3. The first-order valence-electron chi connectivity index (χ1n) is 9.37. The molecule has 144 valence electrons. The van der Waals surface area contributed by atoms with Gasteiger partial charge < -0.3 is 14.4 Å². The Bertz CT molecular complexity index is 853. The van der Waals surface area contributed by atoms with Crippen LogP contribution in [0.5, 0.6) is 5.75 Å². The van der Waals surface area contributed by atoms with Gasteiger partial charge in [0.2, 0.25) is 0 Å². The largest absolute Gasteiger partial charge is 0.497 e. The van der Waals surface area contributed by atoms with E-state index in [0.29, 0.717) is 18.7 Å². The SMILES string of the molecule is COc1ccc2cc(C(=O)C3CCCN(C(=O)OC(C)(C)C)C3)ccc2c1. The third-order valence-corrected chi connectivity index (χ3v) is 4.78. The summed E-state index contributed by atoms with van der Waals surface area (Å²) >= 11 is 0. The van der Waals surface area contributed by atoms with E-state index in [1.807, 2.05) is 57.2 Å². The van der Waals surface area contributed by atoms with Gasteiger partial charge in [-0.3, -0.25) is 4.79 Å². The highest BCUT2D eigenvalue weighted by molar-refractivity contribution is 6.01. The third-order valence-electron chi connectivity index (χ3n) is 4.78. The highest BCUT2D eigenvalue weighted by Gasteiger charge is 2.31. The van der Waals surface area contributed by atoms with Crippen LogP contribution in [0.2, 0.25) is 0 Å². The number of amides is 1. The first kappa shape index (κ1) is 19.2. The van der Waals surface area contributed by atoms with E-state index >= 15 is 0 Å². The van der Waals surface area contributed by atoms with Gasteiger partial charge in [-0.25, -0.2) is 4.79 Å². The minimum atomic E-state index is -0.534. The van der Waals surface area contributed by atoms with Crippen molar-refractivity contribution < 1.29 is 19.1 Å². The van der Waals surface area contributed by atoms with Gasteiger partial charge in [0.15, 0.2) is 5.78 Å². The van der Waals surface area contributed by atoms with Gasteiger partial charge in [-0.15, -0.1) is 0 Å². The number of Topliss-reactive ketones (excluding diaryl/α,β-unsaturated/α-hetero) is 1. The Morgan fingerprint density at radius 1 is 1.07 bits per heavy atom. The standard InChI is InChI=1S/C22H27NO4/c1-22(2,3)27-21(25)23-11-5-6-18(14-23)20(24)17-8-7-16-13-19(26-4)10-9-15(16)12-17/h7-10,12-13,18H,5-6,11,14H2,1-4H3. The van der Waals surface area contributed by atoms with Crippen LogP contribution in [0.3, 0.4) is 0 Å². The normalized spacial score (nSPS) is 17.6. The lowest BCUT2D eigenvalue weighted by molar-refractivity contribution is 0.0172. The fraction of sp³-hybridized carbons (Fsp3) is 0.455. The van der Waals surface area contributed by atoms with Crippen molar-refractivity contribution in [3.05, 3.63) is 42.0 Å². The van der Waals surface area contributed by atoms with Crippen molar-refractivity contribution in [3.63, 3.8) is 0 Å². The maximum Gasteiger partial charge on any atom is 0.410 e. The zero-order chi connectivity index (χ0) is 19.6. The van der Waals surface area contributed by atoms with Gasteiger partial charge in [-0.1, -0.05) is 18.2 Å². The van der Waals surface area contributed by atoms with Crippen LogP contribution >= 0.6 is 0 Å². The van der Waals surface area contributed by atoms with E-state index in [1.54, 1.807) is 12.0 Å². The second kappa shape index (κ2) is 7.59. The van der Waals surface area contributed by atoms with Gasteiger partial charge in [-0.2, -0.15) is 0 Å². The molecule has 0 aliphatic carbocycles. The molecule has 27 heavy (non-hydrogen) atoms. The van der Waals surface area contributed by atoms with E-state index in [-0.39, 0.29) is 17.8 Å². The Kier molecular flexibility index (Phi) is 5.40. The van der Waals surface area contributed by atoms with Gasteiger partial charge in [0.1, 0.15) is 11.4 Å². The lowest BCUT2D eigenvalue weighted by atomic mass is 9.89. The molecule has 0 N–H and O–H groups in total. The number of carbonyl (C=O) groups excluding carboxylic acids is 2. The summed E-state index contributed by atoms with van der Waals surface area (Å²) in [4.78, 5) is 27.0. The van der Waals surface area contributed by atoms with Crippen LogP contribution in [0.1, 0.15) is 44.0 Å². The molecule has 1 unspecified atom stereocenters. The average Bonchev–Trinajstić information content (AvgIpc) is 2.65. The maximum atomic E-state index is 13.0. The predicted octanol–water partition coefficient (Wildman–Crippen LogP) is 4.68. The monoisotopic (exact) mass is 369 g/mol. The molecule has 0 radical (unpaired) electrons. The summed E-state index contributed by atoms with van der Waals surface area (Å²) < 4.78 is 10.7. The molecule has 1 fully saturated rings. The molecule has 0 aromatic heterocycles. The molecule has 2 aromatic rings. The molecule has 1 atom stereocenters. The predicted molar refractivity (Wildman–Crippen MR) is 105 cm³/mol. The van der Waals surface area contributed by atoms with Crippen molar-refractivity contribution in [2.75, 3.05) is 20.2 Å². The number of methoxy groups -OCH3 is 1. The molecular formula is C22H27NO4. The number of hydrogen-bond donors (Lipinski definition) is 0. The Morgan fingerprint density at radius 3 is 2.48 bits per heavy atom. The Balaban J connectivity index is 1.75. The molecular weight excluding hydrogens is 342 g/mol. The Morgan fingerprint density at radius 2 is 1.78 bits per heavy atom. The summed E-state index contributed by atoms with van der Waals surface area (Å²) in [5.74, 6) is 0.685. The number of piperidine rings is 1. The van der Waals surface area contributed by atoms with Crippen molar-refractivity contribution in [2.45, 2.75) is 39.2 Å². The number of nitrogens with zero attached hydrogens (tertiary/aromatic N) is 1. The zero-order valence-corrected chi connectivity index (χ0v) is 16.5. The smallest absolute Gasteiger partial charge is 0.410 e. The molecule has 5 heteroatoms. The van der Waals surface area contributed by atoms with Crippen molar-refractivity contribution >= 4 is 22.6 Å². The maximum absolute atomic E-state index is 13.0. The first-order chi connectivity index (χ1) is 12.8. The quantitative estimate of drug-likeness (QED) is 0.737. The molecule has 1 amide bonds. The van der Waals surface area contributed by atoms with Gasteiger partial charge in [0.05, 0.1) is 7.11 Å². The minimum Gasteiger partial charge on any atom is -0.497 e. The summed E-state index contributed by atoms with van der Waals surface area (Å²) in [7, 11) is 1.64. The van der Waals surface area contributed by atoms with E-state index in [0.717, 1.165) is 29.4 Å². The number of carbonyl (C=O) groups is 2. The second-order valence-corrected chi connectivity index (χ2v) is 8.06. The zero-order valence-electron chi connectivity index (χ0n) is 16.5. The van der Waals surface area contributed by atoms with E-state index in [2.05, 4.69) is 0 Å². The number of ketones is 1. The topological polar surface area (TPSA) is 55.8 Å². The van der Waals surface area contributed by atoms with E-state index in [1.165, 1.54) is 0 Å². The summed E-state index contributed by atoms with van der Waals surface area (Å²) in [6.07, 6.45) is 1.25. The van der Waals surface area contributed by atoms with Gasteiger partial charge in [-0.05, 0) is 62.6 Å². The Hall–Kier alpha value is -2.56. The summed E-state index contributed by atoms with van der Waals surface area (Å²) in [5.41, 5.74) is 0.150. The van der Waals surface area contributed by atoms with E-state index < -0.39 is 5.60 Å². The van der Waals surface area contributed by atoms with Crippen molar-refractivity contribution in [2.24, 2.45) is 5.92 Å². The molecule has 0 spiro atoms. The molecule has 1 aliphatic rings. The molecule has 5 nitrogen and oxygen atoms in total. The van der Waals surface area contributed by atoms with Crippen molar-refractivity contribution in [1.82, 2.24) is 4.90 Å². The summed E-state index contributed by atoms with van der Waals surface area (Å²) in [6, 6.07) is 11.5. The molecule has 1 saturated heterocycles. The van der Waals surface area contributed by atoms with Crippen molar-refractivity contribution in [1.29, 1.82) is 0 Å². The number of benzene rings is 2. The fourth-order valence-corrected chi connectivity index (χ4v) is 3.42. The van der Waals surface area contributed by atoms with Crippen LogP contribution in [0, 0.1) is 5.92 Å². The van der Waals surface area contributed by atoms with E-state index in [9.17, 15) is 9.59 Å². The summed E-state index contributed by atoms with van der Waals surface area (Å²) in [5, 5.41) is 2.03. The number of hydrogen-bond acceptors (Lipinski definition) is 4. The first-order valence-corrected chi connectivity index (χ1v) is 9.37. The van der Waals surface area contributed by atoms with Crippen LogP contribution in [-0.4, -0.2) is 42.6 Å². The molecule has 1 heterocycles. The van der Waals surface area contributed by atoms with Gasteiger partial charge in [0, 0.05) is 24.6 Å². The fourth-order valence-electron chi connectivity index (χ4n) is 3.42. The minimum absolute atomic E-state index is 0.0842. The number of fused-ring (bicyclic) bond motifs is 1. The van der Waals surface area contributed by atoms with Crippen LogP contribution in [0.4, 0.5) is 4.79 Å². The van der Waals surface area contributed by atoms with Gasteiger partial charge >= 0.3 is 6.09 Å². The highest BCUT2D eigenvalue weighted by Crippen LogP contribution is 2.26. The molecule has 3 rings (SSSR count). The van der Waals surface area contributed by atoms with Gasteiger partial charge in [0.25, 0.3) is 0 Å². The summed E-state index contributed by atoms with van der Waals surface area (Å²) in [6.45, 7) is 6.59. The average molecular weight is 369 g/mol. The molecule has 0 bridgehead atoms. The van der Waals surface area contributed by atoms with Crippen LogP contribution in [0.25, 0.3) is 10.8 Å². The molecule has 2 aromatic carbocycles. The van der Waals surface area contributed by atoms with Crippen LogP contribution < -0.4 is 4.74 Å².